The Bertz CT molecular complexity index is 405. The molecule has 0 aliphatic heterocycles. The zero-order valence-corrected chi connectivity index (χ0v) is 11.6. The van der Waals surface area contributed by atoms with Gasteiger partial charge in [-0.1, -0.05) is 6.92 Å². The first-order valence-corrected chi connectivity index (χ1v) is 7.72. The van der Waals surface area contributed by atoms with E-state index in [9.17, 15) is 8.42 Å². The first-order valence-electron chi connectivity index (χ1n) is 5.40. The summed E-state index contributed by atoms with van der Waals surface area (Å²) in [6.07, 6.45) is 2.34. The van der Waals surface area contributed by atoms with E-state index in [0.29, 0.717) is 11.7 Å². The average molecular weight is 278 g/mol. The van der Waals surface area contributed by atoms with Gasteiger partial charge in [0.1, 0.15) is 0 Å². The monoisotopic (exact) mass is 278 g/mol. The van der Waals surface area contributed by atoms with E-state index < -0.39 is 10.2 Å². The highest BCUT2D eigenvalue weighted by atomic mass is 32.2. The maximum absolute atomic E-state index is 11.8. The number of nitrogens with one attached hydrogen (secondary N) is 2. The van der Waals surface area contributed by atoms with Crippen molar-refractivity contribution < 1.29 is 8.42 Å². The van der Waals surface area contributed by atoms with Crippen LogP contribution in [0.1, 0.15) is 13.3 Å². The molecule has 1 aromatic heterocycles. The Balaban J connectivity index is 2.41. The summed E-state index contributed by atoms with van der Waals surface area (Å²) in [5, 5.41) is 5.27. The fourth-order valence-electron chi connectivity index (χ4n) is 1.19. The molecule has 0 bridgehead atoms. The number of nitrogens with zero attached hydrogens (tertiary/aromatic N) is 2. The zero-order valence-electron chi connectivity index (χ0n) is 10.0. The van der Waals surface area contributed by atoms with Gasteiger partial charge in [0.05, 0.1) is 0 Å². The molecular formula is C9H18N4O2S2. The van der Waals surface area contributed by atoms with Crippen LogP contribution in [0.3, 0.4) is 0 Å². The van der Waals surface area contributed by atoms with Crippen molar-refractivity contribution in [2.24, 2.45) is 0 Å². The van der Waals surface area contributed by atoms with Crippen molar-refractivity contribution in [3.63, 3.8) is 0 Å². The van der Waals surface area contributed by atoms with Crippen LogP contribution in [0.4, 0.5) is 5.13 Å². The second-order valence-electron chi connectivity index (χ2n) is 3.47. The summed E-state index contributed by atoms with van der Waals surface area (Å²) in [5.41, 5.74) is 0. The van der Waals surface area contributed by atoms with E-state index in [4.69, 9.17) is 0 Å². The third-order valence-electron chi connectivity index (χ3n) is 2.14. The van der Waals surface area contributed by atoms with Gasteiger partial charge < -0.3 is 5.32 Å². The van der Waals surface area contributed by atoms with Crippen molar-refractivity contribution in [1.82, 2.24) is 14.6 Å². The highest BCUT2D eigenvalue weighted by Crippen LogP contribution is 2.13. The van der Waals surface area contributed by atoms with Gasteiger partial charge in [0.25, 0.3) is 0 Å². The fourth-order valence-corrected chi connectivity index (χ4v) is 2.87. The van der Waals surface area contributed by atoms with Gasteiger partial charge >= 0.3 is 10.2 Å². The minimum atomic E-state index is -3.47. The van der Waals surface area contributed by atoms with Crippen LogP contribution in [-0.4, -0.2) is 44.4 Å². The predicted octanol–water partition coefficient (Wildman–Crippen LogP) is 0.731. The van der Waals surface area contributed by atoms with Crippen LogP contribution in [0.15, 0.2) is 11.6 Å². The molecule has 0 saturated heterocycles. The van der Waals surface area contributed by atoms with Gasteiger partial charge in [-0.3, -0.25) is 0 Å². The van der Waals surface area contributed by atoms with E-state index >= 15 is 0 Å². The predicted molar refractivity (Wildman–Crippen MR) is 70.4 cm³/mol. The molecule has 0 atom stereocenters. The summed E-state index contributed by atoms with van der Waals surface area (Å²) in [6, 6.07) is 0. The van der Waals surface area contributed by atoms with Crippen LogP contribution in [0.25, 0.3) is 0 Å². The summed E-state index contributed by atoms with van der Waals surface area (Å²) >= 11 is 1.26. The van der Waals surface area contributed by atoms with Crippen molar-refractivity contribution in [1.29, 1.82) is 0 Å². The van der Waals surface area contributed by atoms with Gasteiger partial charge in [0.15, 0.2) is 5.13 Å². The highest BCUT2D eigenvalue weighted by molar-refractivity contribution is 7.90. The molecule has 0 saturated carbocycles. The lowest BCUT2D eigenvalue weighted by Crippen LogP contribution is -2.34. The summed E-state index contributed by atoms with van der Waals surface area (Å²) in [4.78, 5) is 3.88. The number of rotatable bonds is 8. The third kappa shape index (κ3) is 4.99. The van der Waals surface area contributed by atoms with Crippen LogP contribution >= 0.6 is 11.3 Å². The molecule has 0 fully saturated rings. The standard InChI is InChI=1S/C9H18N4O2S2/c1-3-10-5-4-7-13(2)17(14,15)12-9-11-6-8-16-9/h6,8,10H,3-5,7H2,1-2H3,(H,11,12). The Kier molecular flexibility index (Phi) is 5.83. The average Bonchev–Trinajstić information content (AvgIpc) is 2.76. The topological polar surface area (TPSA) is 74.3 Å². The van der Waals surface area contributed by atoms with Crippen LogP contribution < -0.4 is 10.0 Å². The van der Waals surface area contributed by atoms with Crippen molar-refractivity contribution >= 4 is 26.7 Å². The van der Waals surface area contributed by atoms with Gasteiger partial charge in [-0.2, -0.15) is 12.7 Å². The van der Waals surface area contributed by atoms with Crippen LogP contribution in [0.5, 0.6) is 0 Å². The van der Waals surface area contributed by atoms with Gasteiger partial charge in [0.2, 0.25) is 0 Å². The zero-order chi connectivity index (χ0) is 12.7. The third-order valence-corrected chi connectivity index (χ3v) is 4.41. The second kappa shape index (κ2) is 6.90. The summed E-state index contributed by atoms with van der Waals surface area (Å²) in [7, 11) is -1.91. The molecule has 0 aromatic carbocycles. The molecule has 1 rings (SSSR count). The smallest absolute Gasteiger partial charge is 0.303 e. The molecule has 0 spiro atoms. The Morgan fingerprint density at radius 2 is 2.29 bits per heavy atom. The van der Waals surface area contributed by atoms with Gasteiger partial charge in [0, 0.05) is 25.2 Å². The van der Waals surface area contributed by atoms with Crippen LogP contribution in [0.2, 0.25) is 0 Å². The van der Waals surface area contributed by atoms with Gasteiger partial charge in [-0.05, 0) is 19.5 Å². The summed E-state index contributed by atoms with van der Waals surface area (Å²) in [6.45, 7) is 4.21. The molecular weight excluding hydrogens is 260 g/mol. The Morgan fingerprint density at radius 1 is 1.53 bits per heavy atom. The molecule has 17 heavy (non-hydrogen) atoms. The van der Waals surface area contributed by atoms with E-state index in [-0.39, 0.29) is 0 Å². The number of anilines is 1. The number of hydrogen-bond donors (Lipinski definition) is 2. The Labute approximate surface area is 106 Å². The molecule has 0 radical (unpaired) electrons. The van der Waals surface area contributed by atoms with Crippen molar-refractivity contribution in [3.8, 4) is 0 Å². The molecule has 0 aliphatic carbocycles. The largest absolute Gasteiger partial charge is 0.317 e. The van der Waals surface area contributed by atoms with Gasteiger partial charge in [-0.15, -0.1) is 11.3 Å². The van der Waals surface area contributed by atoms with E-state index in [1.54, 1.807) is 18.6 Å². The minimum Gasteiger partial charge on any atom is -0.317 e. The fraction of sp³-hybridized carbons (Fsp3) is 0.667. The maximum atomic E-state index is 11.8. The molecule has 8 heteroatoms. The second-order valence-corrected chi connectivity index (χ2v) is 6.15. The first-order chi connectivity index (χ1) is 8.06. The van der Waals surface area contributed by atoms with Crippen molar-refractivity contribution in [3.05, 3.63) is 11.6 Å². The SMILES string of the molecule is CCNCCCN(C)S(=O)(=O)Nc1nccs1. The van der Waals surface area contributed by atoms with Crippen LogP contribution in [0, 0.1) is 0 Å². The van der Waals surface area contributed by atoms with E-state index in [1.807, 2.05) is 6.92 Å². The van der Waals surface area contributed by atoms with E-state index in [0.717, 1.165) is 19.5 Å². The Hall–Kier alpha value is -0.700. The molecule has 0 aliphatic rings. The molecule has 98 valence electrons. The highest BCUT2D eigenvalue weighted by Gasteiger charge is 2.17. The first kappa shape index (κ1) is 14.4. The number of thiazole rings is 1. The van der Waals surface area contributed by atoms with E-state index in [2.05, 4.69) is 15.0 Å². The molecule has 6 nitrogen and oxygen atoms in total. The molecule has 1 aromatic rings. The van der Waals surface area contributed by atoms with Crippen LogP contribution in [-0.2, 0) is 10.2 Å². The lowest BCUT2D eigenvalue weighted by atomic mass is 10.4. The number of hydrogen-bond acceptors (Lipinski definition) is 5. The van der Waals surface area contributed by atoms with Crippen molar-refractivity contribution in [2.45, 2.75) is 13.3 Å². The maximum Gasteiger partial charge on any atom is 0.303 e. The molecule has 1 heterocycles. The minimum absolute atomic E-state index is 0.392. The normalized spacial score (nSPS) is 11.9. The molecule has 0 unspecified atom stereocenters. The number of aromatic nitrogens is 1. The lowest BCUT2D eigenvalue weighted by molar-refractivity contribution is 0.459. The summed E-state index contributed by atoms with van der Waals surface area (Å²) < 4.78 is 27.4. The molecule has 2 N–H and O–H groups in total. The summed E-state index contributed by atoms with van der Waals surface area (Å²) in [5.74, 6) is 0. The van der Waals surface area contributed by atoms with E-state index in [1.165, 1.54) is 15.6 Å². The quantitative estimate of drug-likeness (QED) is 0.688. The van der Waals surface area contributed by atoms with Crippen molar-refractivity contribution in [2.75, 3.05) is 31.4 Å². The lowest BCUT2D eigenvalue weighted by Gasteiger charge is -2.16. The molecule has 0 amide bonds. The van der Waals surface area contributed by atoms with Gasteiger partial charge in [-0.25, -0.2) is 9.71 Å². The Morgan fingerprint density at radius 3 is 2.88 bits per heavy atom.